The van der Waals surface area contributed by atoms with Gasteiger partial charge in [-0.2, -0.15) is 0 Å². The van der Waals surface area contributed by atoms with Crippen LogP contribution in [0.3, 0.4) is 0 Å². The number of hydrogen-bond donors (Lipinski definition) is 2. The third-order valence-corrected chi connectivity index (χ3v) is 3.95. The topological polar surface area (TPSA) is 75.3 Å². The lowest BCUT2D eigenvalue weighted by Crippen LogP contribution is -2.36. The summed E-state index contributed by atoms with van der Waals surface area (Å²) in [6.45, 7) is 7.72. The summed E-state index contributed by atoms with van der Waals surface area (Å²) in [5.74, 6) is 2.23. The second kappa shape index (κ2) is 9.51. The van der Waals surface area contributed by atoms with Crippen LogP contribution in [0.5, 0.6) is 0 Å². The normalized spacial score (nSPS) is 11.3. The van der Waals surface area contributed by atoms with Crippen LogP contribution in [0.15, 0.2) is 45.9 Å². The quantitative estimate of drug-likeness (QED) is 0.342. The van der Waals surface area contributed by atoms with E-state index in [1.165, 1.54) is 0 Å². The fraction of sp³-hybridized carbons (Fsp3) is 0.316. The van der Waals surface area contributed by atoms with Crippen LogP contribution in [-0.4, -0.2) is 22.5 Å². The zero-order chi connectivity index (χ0) is 17.6. The number of guanidine groups is 1. The van der Waals surface area contributed by atoms with Crippen molar-refractivity contribution in [3.8, 4) is 0 Å². The number of halogens is 1. The van der Waals surface area contributed by atoms with E-state index in [9.17, 15) is 0 Å². The number of aryl methyl sites for hydroxylation is 2. The van der Waals surface area contributed by atoms with Gasteiger partial charge in [-0.25, -0.2) is 9.98 Å². The summed E-state index contributed by atoms with van der Waals surface area (Å²) in [5, 5.41) is 7.62. The second-order valence-electron chi connectivity index (χ2n) is 5.79. The molecule has 138 valence electrons. The fourth-order valence-corrected chi connectivity index (χ4v) is 2.58. The fourth-order valence-electron chi connectivity index (χ4n) is 2.58. The highest BCUT2D eigenvalue weighted by Gasteiger charge is 2.07. The Labute approximate surface area is 170 Å². The number of hydrogen-bond acceptors (Lipinski definition) is 4. The largest absolute Gasteiger partial charge is 0.444 e. The first kappa shape index (κ1) is 20.2. The summed E-state index contributed by atoms with van der Waals surface area (Å²) in [4.78, 5) is 13.5. The molecule has 7 heteroatoms. The standard InChI is InChI=1S/C19H23N5O.HI/c1-4-20-19(23-12-17-24-13(2)14(3)25-17)22-11-16-8-5-7-15-9-6-10-21-18(15)16;/h5-10H,4,11-12H2,1-3H3,(H2,20,22,23);1H. The second-order valence-corrected chi connectivity index (χ2v) is 5.79. The number of aliphatic imine (C=N–C) groups is 1. The molecule has 0 atom stereocenters. The SMILES string of the molecule is CCNC(=NCc1cccc2cccnc12)NCc1nc(C)c(C)o1.I. The molecule has 0 fully saturated rings. The van der Waals surface area contributed by atoms with Crippen LogP contribution >= 0.6 is 24.0 Å². The molecule has 2 heterocycles. The molecular weight excluding hydrogens is 441 g/mol. The van der Waals surface area contributed by atoms with E-state index in [2.05, 4.69) is 43.8 Å². The number of nitrogens with zero attached hydrogens (tertiary/aromatic N) is 3. The number of oxazole rings is 1. The lowest BCUT2D eigenvalue weighted by atomic mass is 10.1. The maximum absolute atomic E-state index is 5.60. The monoisotopic (exact) mass is 465 g/mol. The maximum Gasteiger partial charge on any atom is 0.214 e. The van der Waals surface area contributed by atoms with Gasteiger partial charge in [0.05, 0.1) is 24.3 Å². The Balaban J connectivity index is 0.00000243. The molecule has 3 aromatic rings. The van der Waals surface area contributed by atoms with E-state index in [-0.39, 0.29) is 24.0 Å². The van der Waals surface area contributed by atoms with Gasteiger partial charge in [0.15, 0.2) is 5.96 Å². The van der Waals surface area contributed by atoms with Crippen LogP contribution in [0.2, 0.25) is 0 Å². The molecule has 0 unspecified atom stereocenters. The molecule has 0 bridgehead atoms. The minimum atomic E-state index is 0. The minimum absolute atomic E-state index is 0. The van der Waals surface area contributed by atoms with Crippen LogP contribution in [-0.2, 0) is 13.1 Å². The van der Waals surface area contributed by atoms with Crippen molar-refractivity contribution in [2.75, 3.05) is 6.54 Å². The highest BCUT2D eigenvalue weighted by molar-refractivity contribution is 14.0. The number of aromatic nitrogens is 2. The predicted octanol–water partition coefficient (Wildman–Crippen LogP) is 3.71. The van der Waals surface area contributed by atoms with Crippen molar-refractivity contribution in [1.29, 1.82) is 0 Å². The summed E-state index contributed by atoms with van der Waals surface area (Å²) in [5.41, 5.74) is 3.00. The highest BCUT2D eigenvalue weighted by atomic mass is 127. The van der Waals surface area contributed by atoms with Gasteiger partial charge in [0.2, 0.25) is 5.89 Å². The third-order valence-electron chi connectivity index (χ3n) is 3.95. The van der Waals surface area contributed by atoms with Crippen LogP contribution < -0.4 is 10.6 Å². The number of fused-ring (bicyclic) bond motifs is 1. The van der Waals surface area contributed by atoms with Crippen molar-refractivity contribution in [2.45, 2.75) is 33.9 Å². The molecule has 1 aromatic carbocycles. The molecule has 0 radical (unpaired) electrons. The van der Waals surface area contributed by atoms with Gasteiger partial charge in [-0.05, 0) is 32.4 Å². The maximum atomic E-state index is 5.60. The first-order valence-corrected chi connectivity index (χ1v) is 8.45. The van der Waals surface area contributed by atoms with E-state index in [1.807, 2.05) is 39.1 Å². The molecule has 0 saturated carbocycles. The van der Waals surface area contributed by atoms with Gasteiger partial charge in [-0.1, -0.05) is 24.3 Å². The van der Waals surface area contributed by atoms with Gasteiger partial charge in [-0.3, -0.25) is 4.98 Å². The van der Waals surface area contributed by atoms with Crippen molar-refractivity contribution in [1.82, 2.24) is 20.6 Å². The molecule has 0 spiro atoms. The number of benzene rings is 1. The van der Waals surface area contributed by atoms with Crippen molar-refractivity contribution in [3.63, 3.8) is 0 Å². The van der Waals surface area contributed by atoms with Gasteiger partial charge in [0.1, 0.15) is 5.76 Å². The van der Waals surface area contributed by atoms with E-state index in [4.69, 9.17) is 4.42 Å². The van der Waals surface area contributed by atoms with E-state index < -0.39 is 0 Å². The van der Waals surface area contributed by atoms with Crippen LogP contribution in [0.4, 0.5) is 0 Å². The highest BCUT2D eigenvalue weighted by Crippen LogP contribution is 2.16. The van der Waals surface area contributed by atoms with Gasteiger partial charge in [0, 0.05) is 18.1 Å². The summed E-state index contributed by atoms with van der Waals surface area (Å²) < 4.78 is 5.60. The van der Waals surface area contributed by atoms with Crippen molar-refractivity contribution >= 4 is 40.8 Å². The minimum Gasteiger partial charge on any atom is -0.444 e. The molecule has 0 aliphatic rings. The first-order chi connectivity index (χ1) is 12.2. The summed E-state index contributed by atoms with van der Waals surface area (Å²) >= 11 is 0. The predicted molar refractivity (Wildman–Crippen MR) is 115 cm³/mol. The van der Waals surface area contributed by atoms with Gasteiger partial charge < -0.3 is 15.1 Å². The Morgan fingerprint density at radius 2 is 1.96 bits per heavy atom. The summed E-state index contributed by atoms with van der Waals surface area (Å²) in [7, 11) is 0. The summed E-state index contributed by atoms with van der Waals surface area (Å²) in [6.07, 6.45) is 1.81. The van der Waals surface area contributed by atoms with Crippen molar-refractivity contribution in [3.05, 3.63) is 59.4 Å². The number of para-hydroxylation sites is 1. The average molecular weight is 465 g/mol. The van der Waals surface area contributed by atoms with Gasteiger partial charge >= 0.3 is 0 Å². The zero-order valence-corrected chi connectivity index (χ0v) is 17.6. The van der Waals surface area contributed by atoms with E-state index in [1.54, 1.807) is 0 Å². The van der Waals surface area contributed by atoms with E-state index in [0.717, 1.165) is 40.4 Å². The molecule has 3 rings (SSSR count). The Hall–Kier alpha value is -2.16. The Kier molecular flexibility index (Phi) is 7.38. The molecule has 0 saturated heterocycles. The van der Waals surface area contributed by atoms with Crippen LogP contribution in [0, 0.1) is 13.8 Å². The van der Waals surface area contributed by atoms with Crippen molar-refractivity contribution in [2.24, 2.45) is 4.99 Å². The molecular formula is C19H24IN5O. The van der Waals surface area contributed by atoms with E-state index in [0.29, 0.717) is 19.0 Å². The number of rotatable bonds is 5. The Morgan fingerprint density at radius 3 is 2.69 bits per heavy atom. The smallest absolute Gasteiger partial charge is 0.214 e. The molecule has 0 aliphatic carbocycles. The average Bonchev–Trinajstić information content (AvgIpc) is 2.95. The molecule has 0 aliphatic heterocycles. The van der Waals surface area contributed by atoms with Gasteiger partial charge in [-0.15, -0.1) is 24.0 Å². The Bertz CT molecular complexity index is 866. The number of pyridine rings is 1. The molecule has 6 nitrogen and oxygen atoms in total. The number of nitrogens with one attached hydrogen (secondary N) is 2. The Morgan fingerprint density at radius 1 is 1.15 bits per heavy atom. The van der Waals surface area contributed by atoms with Crippen LogP contribution in [0.25, 0.3) is 10.9 Å². The molecule has 26 heavy (non-hydrogen) atoms. The van der Waals surface area contributed by atoms with Crippen molar-refractivity contribution < 1.29 is 4.42 Å². The molecule has 2 aromatic heterocycles. The lowest BCUT2D eigenvalue weighted by molar-refractivity contribution is 0.463. The first-order valence-electron chi connectivity index (χ1n) is 8.45. The molecule has 2 N–H and O–H groups in total. The van der Waals surface area contributed by atoms with E-state index >= 15 is 0 Å². The van der Waals surface area contributed by atoms with Gasteiger partial charge in [0.25, 0.3) is 0 Å². The third kappa shape index (κ3) is 4.94. The lowest BCUT2D eigenvalue weighted by Gasteiger charge is -2.10. The van der Waals surface area contributed by atoms with Crippen LogP contribution in [0.1, 0.15) is 29.8 Å². The summed E-state index contributed by atoms with van der Waals surface area (Å²) in [6, 6.07) is 10.2. The zero-order valence-electron chi connectivity index (χ0n) is 15.2. The molecule has 0 amide bonds.